The third-order valence-corrected chi connectivity index (χ3v) is 5.62. The molecule has 7 nitrogen and oxygen atoms in total. The Morgan fingerprint density at radius 1 is 0.818 bits per heavy atom. The van der Waals surface area contributed by atoms with Crippen LogP contribution in [0.2, 0.25) is 0 Å². The molecule has 0 saturated heterocycles. The minimum Gasteiger partial charge on any atom is -0.365 e. The zero-order valence-corrected chi connectivity index (χ0v) is 18.2. The molecule has 3 aromatic carbocycles. The van der Waals surface area contributed by atoms with E-state index in [-0.39, 0.29) is 29.6 Å². The first kappa shape index (κ1) is 22.0. The van der Waals surface area contributed by atoms with Crippen molar-refractivity contribution < 1.29 is 14.5 Å². The molecule has 0 saturated carbocycles. The molecular formula is C26H23N3O4. The molecule has 0 spiro atoms. The van der Waals surface area contributed by atoms with Crippen molar-refractivity contribution >= 4 is 23.1 Å². The second kappa shape index (κ2) is 9.48. The maximum atomic E-state index is 13.4. The smallest absolute Gasteiger partial charge is 0.277 e. The molecule has 4 rings (SSSR count). The standard InChI is InChI=1S/C26H23N3O4/c1-27(18-20-10-6-3-7-11-20)24-23(21-12-14-22(15-13-21)29(32)33)25(30)28(26(24)31)17-16-19-8-4-2-5-9-19/h2-15H,16-18H2,1H3. The molecule has 0 aromatic heterocycles. The lowest BCUT2D eigenvalue weighted by molar-refractivity contribution is -0.384. The molecule has 0 bridgehead atoms. The van der Waals surface area contributed by atoms with E-state index in [1.54, 1.807) is 11.9 Å². The van der Waals surface area contributed by atoms with Crippen LogP contribution in [0.15, 0.2) is 90.6 Å². The number of nitro groups is 1. The van der Waals surface area contributed by atoms with Gasteiger partial charge < -0.3 is 4.90 Å². The number of benzene rings is 3. The number of carbonyl (C=O) groups is 2. The number of hydrogen-bond donors (Lipinski definition) is 0. The van der Waals surface area contributed by atoms with Crippen LogP contribution in [0.4, 0.5) is 5.69 Å². The molecule has 7 heteroatoms. The average Bonchev–Trinajstić information content (AvgIpc) is 3.08. The Hall–Kier alpha value is -4.26. The Labute approximate surface area is 191 Å². The monoisotopic (exact) mass is 441 g/mol. The van der Waals surface area contributed by atoms with E-state index < -0.39 is 4.92 Å². The lowest BCUT2D eigenvalue weighted by Crippen LogP contribution is -2.35. The van der Waals surface area contributed by atoms with Crippen LogP contribution in [0, 0.1) is 10.1 Å². The van der Waals surface area contributed by atoms with E-state index in [0.717, 1.165) is 11.1 Å². The van der Waals surface area contributed by atoms with Gasteiger partial charge in [-0.15, -0.1) is 0 Å². The van der Waals surface area contributed by atoms with Gasteiger partial charge in [0.15, 0.2) is 0 Å². The van der Waals surface area contributed by atoms with Crippen LogP contribution in [0.5, 0.6) is 0 Å². The molecular weight excluding hydrogens is 418 g/mol. The van der Waals surface area contributed by atoms with Gasteiger partial charge in [0, 0.05) is 32.3 Å². The van der Waals surface area contributed by atoms with Gasteiger partial charge in [0.25, 0.3) is 17.5 Å². The maximum absolute atomic E-state index is 13.4. The number of imide groups is 1. The minimum absolute atomic E-state index is 0.0729. The zero-order chi connectivity index (χ0) is 23.4. The van der Waals surface area contributed by atoms with Crippen molar-refractivity contribution in [2.45, 2.75) is 13.0 Å². The fourth-order valence-corrected chi connectivity index (χ4v) is 3.95. The van der Waals surface area contributed by atoms with Gasteiger partial charge in [-0.2, -0.15) is 0 Å². The van der Waals surface area contributed by atoms with Gasteiger partial charge >= 0.3 is 0 Å². The fraction of sp³-hybridized carbons (Fsp3) is 0.154. The van der Waals surface area contributed by atoms with Crippen molar-refractivity contribution in [3.05, 3.63) is 117 Å². The van der Waals surface area contributed by atoms with Crippen molar-refractivity contribution in [1.82, 2.24) is 9.80 Å². The molecule has 0 fully saturated rings. The van der Waals surface area contributed by atoms with Crippen molar-refractivity contribution in [2.75, 3.05) is 13.6 Å². The number of carbonyl (C=O) groups excluding carboxylic acids is 2. The molecule has 0 unspecified atom stereocenters. The summed E-state index contributed by atoms with van der Waals surface area (Å²) in [5, 5.41) is 11.1. The number of nitro benzene ring substituents is 1. The van der Waals surface area contributed by atoms with E-state index in [1.807, 2.05) is 60.7 Å². The number of nitrogens with zero attached hydrogens (tertiary/aromatic N) is 3. The van der Waals surface area contributed by atoms with Crippen molar-refractivity contribution in [3.8, 4) is 0 Å². The highest BCUT2D eigenvalue weighted by atomic mass is 16.6. The summed E-state index contributed by atoms with van der Waals surface area (Å²) in [6, 6.07) is 25.1. The van der Waals surface area contributed by atoms with Gasteiger partial charge in [-0.3, -0.25) is 24.6 Å². The third kappa shape index (κ3) is 4.67. The summed E-state index contributed by atoms with van der Waals surface area (Å²) in [7, 11) is 1.78. The quantitative estimate of drug-likeness (QED) is 0.299. The molecule has 33 heavy (non-hydrogen) atoms. The summed E-state index contributed by atoms with van der Waals surface area (Å²) in [5.74, 6) is -0.748. The molecule has 1 heterocycles. The predicted molar refractivity (Wildman–Crippen MR) is 125 cm³/mol. The Kier molecular flexibility index (Phi) is 6.31. The molecule has 0 atom stereocenters. The number of rotatable bonds is 8. The van der Waals surface area contributed by atoms with E-state index >= 15 is 0 Å². The largest absolute Gasteiger partial charge is 0.365 e. The summed E-state index contributed by atoms with van der Waals surface area (Å²) in [6.45, 7) is 0.693. The topological polar surface area (TPSA) is 83.8 Å². The third-order valence-electron chi connectivity index (χ3n) is 5.62. The van der Waals surface area contributed by atoms with Gasteiger partial charge in [0.05, 0.1) is 10.5 Å². The van der Waals surface area contributed by atoms with Crippen molar-refractivity contribution in [1.29, 1.82) is 0 Å². The van der Waals surface area contributed by atoms with Crippen molar-refractivity contribution in [3.63, 3.8) is 0 Å². The SMILES string of the molecule is CN(Cc1ccccc1)C1=C(c2ccc([N+](=O)[O-])cc2)C(=O)N(CCc2ccccc2)C1=O. The van der Waals surface area contributed by atoms with Crippen LogP contribution >= 0.6 is 0 Å². The van der Waals surface area contributed by atoms with Gasteiger partial charge in [-0.05, 0) is 35.2 Å². The predicted octanol–water partition coefficient (Wildman–Crippen LogP) is 4.05. The van der Waals surface area contributed by atoms with Crippen LogP contribution < -0.4 is 0 Å². The van der Waals surface area contributed by atoms with Crippen LogP contribution in [0.1, 0.15) is 16.7 Å². The van der Waals surface area contributed by atoms with E-state index in [4.69, 9.17) is 0 Å². The summed E-state index contributed by atoms with van der Waals surface area (Å²) in [6.07, 6.45) is 0.543. The zero-order valence-electron chi connectivity index (χ0n) is 18.2. The second-order valence-corrected chi connectivity index (χ2v) is 7.87. The van der Waals surface area contributed by atoms with Crippen LogP contribution in [-0.2, 0) is 22.6 Å². The molecule has 1 aliphatic heterocycles. The first-order chi connectivity index (χ1) is 16.0. The van der Waals surface area contributed by atoms with E-state index in [9.17, 15) is 19.7 Å². The summed E-state index contributed by atoms with van der Waals surface area (Å²) in [5.41, 5.74) is 3.00. The molecule has 0 N–H and O–H groups in total. The Balaban J connectivity index is 1.67. The highest BCUT2D eigenvalue weighted by molar-refractivity contribution is 6.35. The molecule has 2 amide bonds. The fourth-order valence-electron chi connectivity index (χ4n) is 3.95. The summed E-state index contributed by atoms with van der Waals surface area (Å²) >= 11 is 0. The maximum Gasteiger partial charge on any atom is 0.277 e. The van der Waals surface area contributed by atoms with Gasteiger partial charge in [0.1, 0.15) is 5.70 Å². The first-order valence-corrected chi connectivity index (χ1v) is 10.6. The average molecular weight is 441 g/mol. The molecule has 0 aliphatic carbocycles. The first-order valence-electron chi connectivity index (χ1n) is 10.6. The van der Waals surface area contributed by atoms with Gasteiger partial charge in [-0.1, -0.05) is 60.7 Å². The summed E-state index contributed by atoms with van der Waals surface area (Å²) < 4.78 is 0. The highest BCUT2D eigenvalue weighted by Gasteiger charge is 2.40. The minimum atomic E-state index is -0.492. The van der Waals surface area contributed by atoms with Crippen LogP contribution in [0.25, 0.3) is 5.57 Å². The lowest BCUT2D eigenvalue weighted by Gasteiger charge is -2.21. The molecule has 1 aliphatic rings. The summed E-state index contributed by atoms with van der Waals surface area (Å²) in [4.78, 5) is 40.4. The number of non-ortho nitro benzene ring substituents is 1. The van der Waals surface area contributed by atoms with Crippen LogP contribution in [-0.4, -0.2) is 40.1 Å². The number of hydrogen-bond acceptors (Lipinski definition) is 5. The number of likely N-dealkylation sites (N-methyl/N-ethyl adjacent to an activating group) is 1. The Bertz CT molecular complexity index is 1210. The van der Waals surface area contributed by atoms with Gasteiger partial charge in [0.2, 0.25) is 0 Å². The Morgan fingerprint density at radius 2 is 1.39 bits per heavy atom. The van der Waals surface area contributed by atoms with Crippen LogP contribution in [0.3, 0.4) is 0 Å². The Morgan fingerprint density at radius 3 is 1.97 bits per heavy atom. The van der Waals surface area contributed by atoms with E-state index in [1.165, 1.54) is 29.2 Å². The lowest BCUT2D eigenvalue weighted by atomic mass is 10.0. The molecule has 3 aromatic rings. The van der Waals surface area contributed by atoms with Crippen molar-refractivity contribution in [2.24, 2.45) is 0 Å². The molecule has 166 valence electrons. The molecule has 0 radical (unpaired) electrons. The highest BCUT2D eigenvalue weighted by Crippen LogP contribution is 2.32. The van der Waals surface area contributed by atoms with E-state index in [0.29, 0.717) is 24.2 Å². The van der Waals surface area contributed by atoms with E-state index in [2.05, 4.69) is 0 Å². The number of amides is 2. The second-order valence-electron chi connectivity index (χ2n) is 7.87. The van der Waals surface area contributed by atoms with Gasteiger partial charge in [-0.25, -0.2) is 0 Å². The normalized spacial score (nSPS) is 13.5.